The average molecular weight is 706 g/mol. The van der Waals surface area contributed by atoms with E-state index < -0.39 is 18.6 Å². The quantitative estimate of drug-likeness (QED) is 0.0867. The molecule has 2 bridgehead atoms. The highest BCUT2D eigenvalue weighted by atomic mass is 16.6. The van der Waals surface area contributed by atoms with E-state index >= 15 is 0 Å². The van der Waals surface area contributed by atoms with E-state index in [9.17, 15) is 20.1 Å². The van der Waals surface area contributed by atoms with Gasteiger partial charge in [0.15, 0.2) is 12.6 Å². The molecule has 4 aliphatic carbocycles. The zero-order valence-corrected chi connectivity index (χ0v) is 32.4. The highest BCUT2D eigenvalue weighted by molar-refractivity contribution is 5.81. The van der Waals surface area contributed by atoms with Crippen LogP contribution < -0.4 is 16.8 Å². The van der Waals surface area contributed by atoms with E-state index in [1.807, 2.05) is 0 Å². The van der Waals surface area contributed by atoms with Gasteiger partial charge < -0.3 is 46.3 Å². The Morgan fingerprint density at radius 1 is 1.04 bits per heavy atom. The number of hydrogen-bond acceptors (Lipinski definition) is 9. The Labute approximate surface area is 301 Å². The van der Waals surface area contributed by atoms with Gasteiger partial charge >= 0.3 is 0 Å². The van der Waals surface area contributed by atoms with Crippen LogP contribution in [-0.2, 0) is 19.0 Å². The number of allylic oxidation sites excluding steroid dienone is 1. The second-order valence-electron chi connectivity index (χ2n) is 18.4. The first-order valence-electron chi connectivity index (χ1n) is 19.8. The normalized spacial score (nSPS) is 42.9. The third-order valence-electron chi connectivity index (χ3n) is 15.6. The van der Waals surface area contributed by atoms with E-state index in [4.69, 9.17) is 25.7 Å². The summed E-state index contributed by atoms with van der Waals surface area (Å²) in [6.07, 6.45) is 7.26. The van der Waals surface area contributed by atoms with Crippen molar-refractivity contribution in [2.24, 2.45) is 68.1 Å². The summed E-state index contributed by atoms with van der Waals surface area (Å²) >= 11 is 0. The van der Waals surface area contributed by atoms with Gasteiger partial charge in [-0.2, -0.15) is 0 Å². The summed E-state index contributed by atoms with van der Waals surface area (Å²) in [5, 5.41) is 35.9. The number of rotatable bonds is 14. The molecular weight excluding hydrogens is 634 g/mol. The van der Waals surface area contributed by atoms with E-state index in [1.54, 1.807) is 6.92 Å². The number of amides is 1. The van der Waals surface area contributed by atoms with Crippen molar-refractivity contribution < 1.29 is 34.3 Å². The summed E-state index contributed by atoms with van der Waals surface area (Å²) in [6, 6.07) is -0.567. The minimum atomic E-state index is -1.38. The molecule has 50 heavy (non-hydrogen) atoms. The van der Waals surface area contributed by atoms with Gasteiger partial charge in [0.25, 0.3) is 0 Å². The molecule has 10 nitrogen and oxygen atoms in total. The van der Waals surface area contributed by atoms with Crippen LogP contribution in [0.3, 0.4) is 0 Å². The first-order valence-corrected chi connectivity index (χ1v) is 19.8. The number of aliphatic hydroxyl groups is 3. The minimum absolute atomic E-state index is 0.118. The van der Waals surface area contributed by atoms with Crippen LogP contribution in [0.4, 0.5) is 0 Å². The van der Waals surface area contributed by atoms with Gasteiger partial charge in [0, 0.05) is 23.3 Å². The van der Waals surface area contributed by atoms with Crippen molar-refractivity contribution in [1.29, 1.82) is 0 Å². The molecule has 1 amide bonds. The lowest BCUT2D eigenvalue weighted by Crippen LogP contribution is -2.70. The Bertz CT molecular complexity index is 1230. The molecule has 288 valence electrons. The van der Waals surface area contributed by atoms with Crippen LogP contribution in [0.2, 0.25) is 0 Å². The average Bonchev–Trinajstić information content (AvgIpc) is 3.03. The molecule has 0 spiro atoms. The van der Waals surface area contributed by atoms with Crippen molar-refractivity contribution in [2.45, 2.75) is 144 Å². The van der Waals surface area contributed by atoms with Gasteiger partial charge in [-0.15, -0.1) is 0 Å². The summed E-state index contributed by atoms with van der Waals surface area (Å²) in [5.74, 6) is 0.957. The van der Waals surface area contributed by atoms with Gasteiger partial charge in [0.2, 0.25) is 5.91 Å². The maximum atomic E-state index is 12.6. The zero-order chi connectivity index (χ0) is 36.9. The number of nitrogens with one attached hydrogen (secondary N) is 1. The molecule has 0 aromatic heterocycles. The van der Waals surface area contributed by atoms with Crippen LogP contribution in [0, 0.1) is 56.7 Å². The summed E-state index contributed by atoms with van der Waals surface area (Å²) in [6.45, 7) is 20.2. The smallest absolute Gasteiger partial charge is 0.236 e. The minimum Gasteiger partial charge on any atom is -0.380 e. The molecule has 1 saturated heterocycles. The molecule has 0 radical (unpaired) electrons. The van der Waals surface area contributed by atoms with Crippen molar-refractivity contribution in [3.05, 3.63) is 11.6 Å². The second kappa shape index (κ2) is 15.0. The number of nitrogens with two attached hydrogens (primary N) is 2. The first-order chi connectivity index (χ1) is 23.4. The Kier molecular flexibility index (Phi) is 12.0. The van der Waals surface area contributed by atoms with Crippen LogP contribution >= 0.6 is 0 Å². The predicted octanol–water partition coefficient (Wildman–Crippen LogP) is 4.48. The number of hydrogen-bond donors (Lipinski definition) is 6. The summed E-state index contributed by atoms with van der Waals surface area (Å²) in [5.41, 5.74) is 11.9. The van der Waals surface area contributed by atoms with Crippen LogP contribution in [0.25, 0.3) is 0 Å². The number of carbonyl (C=O) groups is 1. The summed E-state index contributed by atoms with van der Waals surface area (Å²) in [4.78, 5) is 12.6. The van der Waals surface area contributed by atoms with Crippen LogP contribution in [-0.4, -0.2) is 85.0 Å². The van der Waals surface area contributed by atoms with Gasteiger partial charge in [0.1, 0.15) is 0 Å². The topological polar surface area (TPSA) is 170 Å². The number of aliphatic hydroxyl groups excluding tert-OH is 2. The summed E-state index contributed by atoms with van der Waals surface area (Å²) < 4.78 is 19.6. The Balaban J connectivity index is 1.42. The van der Waals surface area contributed by atoms with Gasteiger partial charge in [-0.05, 0) is 105 Å². The molecule has 3 unspecified atom stereocenters. The van der Waals surface area contributed by atoms with Gasteiger partial charge in [0.05, 0.1) is 38.1 Å². The molecule has 0 aromatic carbocycles. The molecule has 13 atom stereocenters. The molecule has 0 aromatic rings. The largest absolute Gasteiger partial charge is 0.380 e. The molecule has 5 rings (SSSR count). The Hall–Kier alpha value is -1.11. The van der Waals surface area contributed by atoms with Crippen LogP contribution in [0.5, 0.6) is 0 Å². The number of fused-ring (bicyclic) bond motifs is 3. The van der Waals surface area contributed by atoms with Gasteiger partial charge in [-0.3, -0.25) is 4.79 Å². The SMILES string of the molecule is CC(O)O[C@@H]1C[C@@]23COC[C@@](C)(C1OCCNC(=O)C(N)CCCCN)[C@@H]2CC[C@H]1C3=CC[C@@]2(C)[C@H](C(O)O)[C@@](C)([C@H](C)C(C)C)CC[C@]12C. The van der Waals surface area contributed by atoms with Crippen molar-refractivity contribution >= 4 is 5.91 Å². The van der Waals surface area contributed by atoms with Gasteiger partial charge in [-0.25, -0.2) is 0 Å². The molecule has 5 aliphatic rings. The second-order valence-corrected chi connectivity index (χ2v) is 18.4. The lowest BCUT2D eigenvalue weighted by atomic mass is 9.34. The van der Waals surface area contributed by atoms with Crippen molar-refractivity contribution in [3.63, 3.8) is 0 Å². The Morgan fingerprint density at radius 2 is 1.76 bits per heavy atom. The maximum absolute atomic E-state index is 12.6. The van der Waals surface area contributed by atoms with Crippen molar-refractivity contribution in [2.75, 3.05) is 32.9 Å². The first kappa shape index (κ1) is 40.1. The predicted molar refractivity (Wildman–Crippen MR) is 194 cm³/mol. The lowest BCUT2D eigenvalue weighted by Gasteiger charge is -2.72. The lowest BCUT2D eigenvalue weighted by molar-refractivity contribution is -0.291. The van der Waals surface area contributed by atoms with E-state index in [0.717, 1.165) is 44.9 Å². The molecule has 1 aliphatic heterocycles. The van der Waals surface area contributed by atoms with Crippen molar-refractivity contribution in [1.82, 2.24) is 5.32 Å². The van der Waals surface area contributed by atoms with Gasteiger partial charge in [-0.1, -0.05) is 66.5 Å². The highest BCUT2D eigenvalue weighted by Crippen LogP contribution is 2.75. The van der Waals surface area contributed by atoms with E-state index in [1.165, 1.54) is 5.57 Å². The molecular formula is C40H71N3O7. The molecule has 4 fully saturated rings. The third kappa shape index (κ3) is 6.54. The third-order valence-corrected chi connectivity index (χ3v) is 15.6. The highest BCUT2D eigenvalue weighted by Gasteiger charge is 2.71. The fourth-order valence-corrected chi connectivity index (χ4v) is 12.6. The van der Waals surface area contributed by atoms with E-state index in [-0.39, 0.29) is 57.0 Å². The monoisotopic (exact) mass is 706 g/mol. The zero-order valence-electron chi connectivity index (χ0n) is 32.4. The van der Waals surface area contributed by atoms with Crippen LogP contribution in [0.15, 0.2) is 11.6 Å². The van der Waals surface area contributed by atoms with Crippen LogP contribution in [0.1, 0.15) is 113 Å². The number of ether oxygens (including phenoxy) is 3. The maximum Gasteiger partial charge on any atom is 0.236 e. The standard InChI is InChI=1S/C40H71N3O7/c1-24(2)25(3)36(5)16-17-38(7)27-12-13-31-37(6)22-48-23-40(31,28(27)14-15-39(38,8)32(36)35(46)47)21-30(50-26(4)44)33(37)49-20-19-43-34(45)29(42)11-9-10-18-41/h14,24-27,29-33,35,44,46-47H,9-13,15-23,41-42H2,1-8H3,(H,43,45)/t25-,26?,27+,29?,30-,31+,32-,33?,36-,37-,38-,39+,40+/m1/s1. The fraction of sp³-hybridized carbons (Fsp3) is 0.925. The number of unbranched alkanes of at least 4 members (excludes halogenated alkanes) is 1. The molecule has 1 heterocycles. The number of carbonyl (C=O) groups excluding carboxylic acids is 1. The molecule has 8 N–H and O–H groups in total. The Morgan fingerprint density at radius 3 is 2.40 bits per heavy atom. The van der Waals surface area contributed by atoms with E-state index in [2.05, 4.69) is 59.9 Å². The van der Waals surface area contributed by atoms with E-state index in [0.29, 0.717) is 63.5 Å². The molecule has 3 saturated carbocycles. The molecule has 10 heteroatoms. The summed E-state index contributed by atoms with van der Waals surface area (Å²) in [7, 11) is 0. The van der Waals surface area contributed by atoms with Crippen molar-refractivity contribution in [3.8, 4) is 0 Å². The fourth-order valence-electron chi connectivity index (χ4n) is 12.6.